The molecule has 1 N–H and O–H groups in total. The molecule has 0 fully saturated rings. The molecule has 0 aliphatic carbocycles. The van der Waals surface area contributed by atoms with E-state index < -0.39 is 0 Å². The molecule has 2 rings (SSSR count). The van der Waals surface area contributed by atoms with Crippen molar-refractivity contribution in [3.05, 3.63) is 32.7 Å². The molecular weight excluding hydrogens is 352 g/mol. The van der Waals surface area contributed by atoms with Crippen molar-refractivity contribution < 1.29 is 4.74 Å². The Morgan fingerprint density at radius 3 is 2.81 bits per heavy atom. The molecule has 21 heavy (non-hydrogen) atoms. The number of nitrogens with one attached hydrogen (secondary N) is 1. The molecule has 0 spiro atoms. The van der Waals surface area contributed by atoms with Gasteiger partial charge in [-0.25, -0.2) is 9.97 Å². The predicted octanol–water partition coefficient (Wildman–Crippen LogP) is 3.52. The highest BCUT2D eigenvalue weighted by atomic mass is 79.9. The standard InChI is InChI=1S/C14H19BrN4OS/c1-4-20-8-13-17-12(16-2)6-14(18-13)19(3)7-11-5-10(15)9-21-11/h5-6,9H,4,7-8H2,1-3H3,(H,16,17,18). The Labute approximate surface area is 137 Å². The fourth-order valence-electron chi connectivity index (χ4n) is 1.82. The number of rotatable bonds is 7. The summed E-state index contributed by atoms with van der Waals surface area (Å²) < 4.78 is 6.52. The van der Waals surface area contributed by atoms with Crippen LogP contribution in [0.1, 0.15) is 17.6 Å². The summed E-state index contributed by atoms with van der Waals surface area (Å²) in [6.45, 7) is 3.85. The Hall–Kier alpha value is -1.18. The van der Waals surface area contributed by atoms with E-state index in [2.05, 4.69) is 47.6 Å². The fraction of sp³-hybridized carbons (Fsp3) is 0.429. The third kappa shape index (κ3) is 4.66. The lowest BCUT2D eigenvalue weighted by molar-refractivity contribution is 0.128. The van der Waals surface area contributed by atoms with Crippen LogP contribution in [0.25, 0.3) is 0 Å². The summed E-state index contributed by atoms with van der Waals surface area (Å²) in [7, 11) is 3.88. The first-order chi connectivity index (χ1) is 10.1. The number of nitrogens with zero attached hydrogens (tertiary/aromatic N) is 3. The molecule has 0 atom stereocenters. The molecule has 0 aliphatic rings. The molecule has 2 aromatic rings. The van der Waals surface area contributed by atoms with E-state index in [0.29, 0.717) is 19.0 Å². The largest absolute Gasteiger partial charge is 0.374 e. The number of ether oxygens (including phenoxy) is 1. The second kappa shape index (κ2) is 7.72. The number of halogens is 1. The van der Waals surface area contributed by atoms with Crippen LogP contribution in [-0.4, -0.2) is 30.7 Å². The van der Waals surface area contributed by atoms with Crippen molar-refractivity contribution in [2.75, 3.05) is 30.9 Å². The second-order valence-corrected chi connectivity index (χ2v) is 6.41. The molecule has 0 aliphatic heterocycles. The van der Waals surface area contributed by atoms with Gasteiger partial charge in [-0.2, -0.15) is 0 Å². The molecule has 0 saturated carbocycles. The Balaban J connectivity index is 2.16. The average Bonchev–Trinajstić information content (AvgIpc) is 2.89. The first kappa shape index (κ1) is 16.2. The lowest BCUT2D eigenvalue weighted by Crippen LogP contribution is -2.18. The van der Waals surface area contributed by atoms with Crippen LogP contribution in [0.2, 0.25) is 0 Å². The van der Waals surface area contributed by atoms with Crippen LogP contribution < -0.4 is 10.2 Å². The van der Waals surface area contributed by atoms with E-state index in [-0.39, 0.29) is 0 Å². The molecule has 0 bridgehead atoms. The van der Waals surface area contributed by atoms with Gasteiger partial charge in [0.05, 0.1) is 6.54 Å². The molecule has 5 nitrogen and oxygen atoms in total. The Bertz CT molecular complexity index is 590. The minimum atomic E-state index is 0.428. The third-order valence-electron chi connectivity index (χ3n) is 2.86. The zero-order valence-electron chi connectivity index (χ0n) is 12.4. The van der Waals surface area contributed by atoms with Gasteiger partial charge in [0.1, 0.15) is 18.2 Å². The Morgan fingerprint density at radius 1 is 1.38 bits per heavy atom. The zero-order chi connectivity index (χ0) is 15.2. The maximum Gasteiger partial charge on any atom is 0.158 e. The highest BCUT2D eigenvalue weighted by Gasteiger charge is 2.10. The van der Waals surface area contributed by atoms with E-state index in [1.165, 1.54) is 4.88 Å². The molecule has 0 saturated heterocycles. The van der Waals surface area contributed by atoms with Crippen molar-refractivity contribution in [3.63, 3.8) is 0 Å². The highest BCUT2D eigenvalue weighted by molar-refractivity contribution is 9.10. The monoisotopic (exact) mass is 370 g/mol. The summed E-state index contributed by atoms with van der Waals surface area (Å²) in [5, 5.41) is 5.15. The van der Waals surface area contributed by atoms with Gasteiger partial charge in [0.2, 0.25) is 0 Å². The third-order valence-corrected chi connectivity index (χ3v) is 4.54. The number of thiophene rings is 1. The summed E-state index contributed by atoms with van der Waals surface area (Å²) >= 11 is 5.21. The number of aromatic nitrogens is 2. The van der Waals surface area contributed by atoms with Crippen LogP contribution in [0.5, 0.6) is 0 Å². The Morgan fingerprint density at radius 2 is 2.19 bits per heavy atom. The predicted molar refractivity (Wildman–Crippen MR) is 91.0 cm³/mol. The Kier molecular flexibility index (Phi) is 5.96. The molecule has 2 heterocycles. The first-order valence-corrected chi connectivity index (χ1v) is 8.37. The van der Waals surface area contributed by atoms with E-state index in [4.69, 9.17) is 4.74 Å². The van der Waals surface area contributed by atoms with Gasteiger partial charge in [-0.05, 0) is 28.9 Å². The van der Waals surface area contributed by atoms with Crippen molar-refractivity contribution in [1.29, 1.82) is 0 Å². The quantitative estimate of drug-likeness (QED) is 0.807. The molecule has 0 unspecified atom stereocenters. The van der Waals surface area contributed by atoms with Crippen molar-refractivity contribution in [3.8, 4) is 0 Å². The molecule has 0 amide bonds. The molecule has 0 aromatic carbocycles. The van der Waals surface area contributed by atoms with Gasteiger partial charge in [0.25, 0.3) is 0 Å². The van der Waals surface area contributed by atoms with Crippen LogP contribution in [-0.2, 0) is 17.9 Å². The van der Waals surface area contributed by atoms with Gasteiger partial charge in [-0.1, -0.05) is 0 Å². The van der Waals surface area contributed by atoms with Crippen LogP contribution in [0.4, 0.5) is 11.6 Å². The second-order valence-electron chi connectivity index (χ2n) is 4.50. The molecule has 7 heteroatoms. The van der Waals surface area contributed by atoms with Crippen molar-refractivity contribution >= 4 is 38.9 Å². The van der Waals surface area contributed by atoms with Crippen molar-refractivity contribution in [1.82, 2.24) is 9.97 Å². The average molecular weight is 371 g/mol. The molecule has 0 radical (unpaired) electrons. The van der Waals surface area contributed by atoms with Gasteiger partial charge in [0.15, 0.2) is 5.82 Å². The maximum atomic E-state index is 5.40. The van der Waals surface area contributed by atoms with Gasteiger partial charge in [-0.3, -0.25) is 0 Å². The summed E-state index contributed by atoms with van der Waals surface area (Å²) in [6.07, 6.45) is 0. The van der Waals surface area contributed by atoms with Crippen LogP contribution in [0.3, 0.4) is 0 Å². The van der Waals surface area contributed by atoms with E-state index in [1.54, 1.807) is 11.3 Å². The minimum absolute atomic E-state index is 0.428. The summed E-state index contributed by atoms with van der Waals surface area (Å²) in [4.78, 5) is 12.4. The van der Waals surface area contributed by atoms with Crippen molar-refractivity contribution in [2.24, 2.45) is 0 Å². The lowest BCUT2D eigenvalue weighted by atomic mass is 10.4. The SMILES string of the molecule is CCOCc1nc(NC)cc(N(C)Cc2cc(Br)cs2)n1. The van der Waals surface area contributed by atoms with Gasteiger partial charge < -0.3 is 15.0 Å². The number of anilines is 2. The normalized spacial score (nSPS) is 10.7. The van der Waals surface area contributed by atoms with E-state index in [1.807, 2.05) is 27.1 Å². The maximum absolute atomic E-state index is 5.40. The molecule has 114 valence electrons. The highest BCUT2D eigenvalue weighted by Crippen LogP contribution is 2.23. The topological polar surface area (TPSA) is 50.3 Å². The molecule has 2 aromatic heterocycles. The van der Waals surface area contributed by atoms with Gasteiger partial charge >= 0.3 is 0 Å². The van der Waals surface area contributed by atoms with Crippen LogP contribution >= 0.6 is 27.3 Å². The number of hydrogen-bond donors (Lipinski definition) is 1. The summed E-state index contributed by atoms with van der Waals surface area (Å²) in [6, 6.07) is 4.07. The van der Waals surface area contributed by atoms with E-state index >= 15 is 0 Å². The van der Waals surface area contributed by atoms with Gasteiger partial charge in [-0.15, -0.1) is 11.3 Å². The summed E-state index contributed by atoms with van der Waals surface area (Å²) in [5.41, 5.74) is 0. The summed E-state index contributed by atoms with van der Waals surface area (Å²) in [5.74, 6) is 2.38. The van der Waals surface area contributed by atoms with Crippen LogP contribution in [0.15, 0.2) is 22.0 Å². The minimum Gasteiger partial charge on any atom is -0.374 e. The van der Waals surface area contributed by atoms with E-state index in [0.717, 1.165) is 22.7 Å². The molecular formula is C14H19BrN4OS. The number of hydrogen-bond acceptors (Lipinski definition) is 6. The zero-order valence-corrected chi connectivity index (χ0v) is 14.8. The fourth-order valence-corrected chi connectivity index (χ4v) is 3.32. The van der Waals surface area contributed by atoms with Crippen LogP contribution in [0, 0.1) is 0 Å². The van der Waals surface area contributed by atoms with Gasteiger partial charge in [0, 0.05) is 41.5 Å². The lowest BCUT2D eigenvalue weighted by Gasteiger charge is -2.18. The van der Waals surface area contributed by atoms with E-state index in [9.17, 15) is 0 Å². The van der Waals surface area contributed by atoms with Crippen molar-refractivity contribution in [2.45, 2.75) is 20.1 Å². The smallest absolute Gasteiger partial charge is 0.158 e. The first-order valence-electron chi connectivity index (χ1n) is 6.70.